The number of fused-ring (bicyclic) bond motifs is 5. The number of hydrogen-bond acceptors (Lipinski definition) is 5. The van der Waals surface area contributed by atoms with Crippen LogP contribution in [0.15, 0.2) is 42.5 Å². The van der Waals surface area contributed by atoms with Crippen molar-refractivity contribution in [3.63, 3.8) is 0 Å². The molecule has 7 rings (SSSR count). The number of benzene rings is 2. The summed E-state index contributed by atoms with van der Waals surface area (Å²) in [5.41, 5.74) is 4.04. The molecule has 0 radical (unpaired) electrons. The summed E-state index contributed by atoms with van der Waals surface area (Å²) in [4.78, 5) is 37.2. The van der Waals surface area contributed by atoms with E-state index in [4.69, 9.17) is 9.47 Å². The molecular weight excluding hydrogens is 456 g/mol. The van der Waals surface area contributed by atoms with Crippen molar-refractivity contribution in [3.05, 3.63) is 59.3 Å². The third kappa shape index (κ3) is 3.31. The predicted octanol–water partition coefficient (Wildman–Crippen LogP) is 3.07. The van der Waals surface area contributed by atoms with E-state index in [-0.39, 0.29) is 31.2 Å². The standard InChI is InChI=1S/C28H30N4O4/c1-30-11-4-5-18(30)10-12-31-15-25(33)32-22(28(31)34)14-20-19-6-2-3-7-21(19)29-26(20)27(32)17-8-9-23-24(13-17)36-16-35-23/h2-3,6-9,13,18,22,27,29H,4-5,10-12,14-16H2,1H3/t18?,22-,27+/m1/s1. The van der Waals surface area contributed by atoms with Crippen molar-refractivity contribution in [2.75, 3.05) is 33.5 Å². The number of rotatable bonds is 4. The highest BCUT2D eigenvalue weighted by molar-refractivity contribution is 5.97. The van der Waals surface area contributed by atoms with Crippen LogP contribution in [0.25, 0.3) is 10.9 Å². The van der Waals surface area contributed by atoms with Gasteiger partial charge in [-0.3, -0.25) is 9.59 Å². The van der Waals surface area contributed by atoms with Crippen molar-refractivity contribution in [2.45, 2.75) is 43.8 Å². The van der Waals surface area contributed by atoms with Crippen LogP contribution >= 0.6 is 0 Å². The summed E-state index contributed by atoms with van der Waals surface area (Å²) in [7, 11) is 2.15. The number of ether oxygens (including phenoxy) is 2. The molecule has 0 saturated carbocycles. The SMILES string of the molecule is CN1CCCC1CCN1CC(=O)N2[C@@H](c3ccc4c(c3)OCO4)c3[nH]c4ccccc4c3C[C@@H]2C1=O. The summed E-state index contributed by atoms with van der Waals surface area (Å²) < 4.78 is 11.2. The van der Waals surface area contributed by atoms with Crippen LogP contribution in [-0.4, -0.2) is 77.1 Å². The Balaban J connectivity index is 1.28. The maximum atomic E-state index is 13.9. The van der Waals surface area contributed by atoms with Gasteiger partial charge in [0.2, 0.25) is 18.6 Å². The predicted molar refractivity (Wildman–Crippen MR) is 134 cm³/mol. The van der Waals surface area contributed by atoms with Crippen LogP contribution in [0.5, 0.6) is 11.5 Å². The van der Waals surface area contributed by atoms with Gasteiger partial charge in [0.1, 0.15) is 6.04 Å². The van der Waals surface area contributed by atoms with Crippen molar-refractivity contribution >= 4 is 22.7 Å². The lowest BCUT2D eigenvalue weighted by atomic mass is 9.86. The van der Waals surface area contributed by atoms with E-state index < -0.39 is 6.04 Å². The number of nitrogens with zero attached hydrogens (tertiary/aromatic N) is 3. The zero-order valence-electron chi connectivity index (χ0n) is 20.4. The first-order valence-electron chi connectivity index (χ1n) is 12.9. The third-order valence-corrected chi connectivity index (χ3v) is 8.46. The molecule has 0 aliphatic carbocycles. The van der Waals surface area contributed by atoms with E-state index in [0.29, 0.717) is 30.5 Å². The van der Waals surface area contributed by atoms with Crippen molar-refractivity contribution in [1.82, 2.24) is 19.7 Å². The minimum Gasteiger partial charge on any atom is -0.454 e. The van der Waals surface area contributed by atoms with Gasteiger partial charge in [0, 0.05) is 35.6 Å². The van der Waals surface area contributed by atoms with Crippen LogP contribution in [0.3, 0.4) is 0 Å². The number of para-hydroxylation sites is 1. The number of hydrogen-bond donors (Lipinski definition) is 1. The van der Waals surface area contributed by atoms with Gasteiger partial charge >= 0.3 is 0 Å². The zero-order chi connectivity index (χ0) is 24.4. The van der Waals surface area contributed by atoms with Gasteiger partial charge in [-0.1, -0.05) is 24.3 Å². The number of piperazine rings is 1. The Morgan fingerprint density at radius 2 is 1.94 bits per heavy atom. The topological polar surface area (TPSA) is 78.1 Å². The second-order valence-corrected chi connectivity index (χ2v) is 10.4. The first-order valence-corrected chi connectivity index (χ1v) is 12.9. The average Bonchev–Trinajstić information content (AvgIpc) is 3.62. The molecule has 3 atom stereocenters. The molecule has 0 bridgehead atoms. The number of aromatic nitrogens is 1. The smallest absolute Gasteiger partial charge is 0.246 e. The van der Waals surface area contributed by atoms with Crippen molar-refractivity contribution < 1.29 is 19.1 Å². The van der Waals surface area contributed by atoms with Gasteiger partial charge in [0.05, 0.1) is 12.6 Å². The van der Waals surface area contributed by atoms with Crippen LogP contribution < -0.4 is 9.47 Å². The molecular formula is C28H30N4O4. The minimum atomic E-state index is -0.519. The van der Waals surface area contributed by atoms with Gasteiger partial charge in [-0.15, -0.1) is 0 Å². The van der Waals surface area contributed by atoms with Crippen molar-refractivity contribution in [3.8, 4) is 11.5 Å². The lowest BCUT2D eigenvalue weighted by molar-refractivity contribution is -0.158. The van der Waals surface area contributed by atoms with Gasteiger partial charge in [0.15, 0.2) is 11.5 Å². The Kier molecular flexibility index (Phi) is 4.99. The Hall–Kier alpha value is -3.52. The summed E-state index contributed by atoms with van der Waals surface area (Å²) in [6.45, 7) is 2.05. The molecule has 2 fully saturated rings. The fraction of sp³-hybridized carbons (Fsp3) is 0.429. The Morgan fingerprint density at radius 1 is 1.08 bits per heavy atom. The van der Waals surface area contributed by atoms with E-state index >= 15 is 0 Å². The van der Waals surface area contributed by atoms with Crippen LogP contribution in [0.4, 0.5) is 0 Å². The number of carbonyl (C=O) groups excluding carboxylic acids is 2. The second kappa shape index (κ2) is 8.27. The number of aromatic amines is 1. The van der Waals surface area contributed by atoms with E-state index in [1.54, 1.807) is 4.90 Å². The largest absolute Gasteiger partial charge is 0.454 e. The van der Waals surface area contributed by atoms with Crippen LogP contribution in [0.1, 0.15) is 42.1 Å². The van der Waals surface area contributed by atoms with E-state index in [1.807, 2.05) is 35.2 Å². The lowest BCUT2D eigenvalue weighted by Gasteiger charge is -2.47. The highest BCUT2D eigenvalue weighted by atomic mass is 16.7. The van der Waals surface area contributed by atoms with Gasteiger partial charge in [-0.25, -0.2) is 0 Å². The van der Waals surface area contributed by atoms with Crippen LogP contribution in [0.2, 0.25) is 0 Å². The molecule has 186 valence electrons. The zero-order valence-corrected chi connectivity index (χ0v) is 20.4. The summed E-state index contributed by atoms with van der Waals surface area (Å²) in [6, 6.07) is 13.6. The van der Waals surface area contributed by atoms with Gasteiger partial charge in [-0.05, 0) is 62.2 Å². The number of likely N-dealkylation sites (tertiary alicyclic amines) is 1. The molecule has 36 heavy (non-hydrogen) atoms. The molecule has 1 unspecified atom stereocenters. The first kappa shape index (κ1) is 21.7. The van der Waals surface area contributed by atoms with Crippen molar-refractivity contribution in [2.24, 2.45) is 0 Å². The molecule has 2 saturated heterocycles. The van der Waals surface area contributed by atoms with Crippen LogP contribution in [-0.2, 0) is 16.0 Å². The Bertz CT molecular complexity index is 1370. The molecule has 8 nitrogen and oxygen atoms in total. The highest BCUT2D eigenvalue weighted by Crippen LogP contribution is 2.45. The fourth-order valence-corrected chi connectivity index (χ4v) is 6.59. The van der Waals surface area contributed by atoms with E-state index in [9.17, 15) is 9.59 Å². The Labute approximate surface area is 209 Å². The molecule has 1 N–H and O–H groups in total. The molecule has 2 amide bonds. The summed E-state index contributed by atoms with van der Waals surface area (Å²) >= 11 is 0. The molecule has 4 aliphatic rings. The fourth-order valence-electron chi connectivity index (χ4n) is 6.59. The maximum Gasteiger partial charge on any atom is 0.246 e. The van der Waals surface area contributed by atoms with Crippen LogP contribution in [0, 0.1) is 0 Å². The van der Waals surface area contributed by atoms with Gasteiger partial charge in [-0.2, -0.15) is 0 Å². The summed E-state index contributed by atoms with van der Waals surface area (Å²) in [5, 5.41) is 1.11. The monoisotopic (exact) mass is 486 g/mol. The number of amides is 2. The van der Waals surface area contributed by atoms with E-state index in [2.05, 4.69) is 29.1 Å². The van der Waals surface area contributed by atoms with Crippen molar-refractivity contribution in [1.29, 1.82) is 0 Å². The molecule has 2 aromatic carbocycles. The molecule has 3 aromatic rings. The summed E-state index contributed by atoms with van der Waals surface area (Å²) in [6.07, 6.45) is 3.79. The molecule has 1 aromatic heterocycles. The van der Waals surface area contributed by atoms with Gasteiger partial charge < -0.3 is 29.2 Å². The number of nitrogens with one attached hydrogen (secondary N) is 1. The average molecular weight is 487 g/mol. The summed E-state index contributed by atoms with van der Waals surface area (Å²) in [5.74, 6) is 1.42. The molecule has 8 heteroatoms. The molecule has 5 heterocycles. The van der Waals surface area contributed by atoms with E-state index in [1.165, 1.54) is 6.42 Å². The van der Waals surface area contributed by atoms with E-state index in [0.717, 1.165) is 47.1 Å². The first-order chi connectivity index (χ1) is 17.6. The second-order valence-electron chi connectivity index (χ2n) is 10.4. The molecule has 0 spiro atoms. The normalized spacial score (nSPS) is 25.5. The van der Waals surface area contributed by atoms with Gasteiger partial charge in [0.25, 0.3) is 0 Å². The highest BCUT2D eigenvalue weighted by Gasteiger charge is 2.48. The molecule has 4 aliphatic heterocycles. The third-order valence-electron chi connectivity index (χ3n) is 8.46. The Morgan fingerprint density at radius 3 is 2.81 bits per heavy atom. The lowest BCUT2D eigenvalue weighted by Crippen LogP contribution is -2.63. The quantitative estimate of drug-likeness (QED) is 0.613. The maximum absolute atomic E-state index is 13.9. The number of carbonyl (C=O) groups is 2. The minimum absolute atomic E-state index is 0.00801. The number of H-pyrrole nitrogens is 1.